The Morgan fingerprint density at radius 3 is 2.40 bits per heavy atom. The smallest absolute Gasteiger partial charge is 0.234 e. The van der Waals surface area contributed by atoms with E-state index in [9.17, 15) is 9.59 Å². The number of rotatable bonds is 8. The molecule has 0 saturated carbocycles. The lowest BCUT2D eigenvalue weighted by Gasteiger charge is -2.07. The summed E-state index contributed by atoms with van der Waals surface area (Å²) in [5.41, 5.74) is 3.93. The number of carbonyl (C=O) groups excluding carboxylic acids is 2. The van der Waals surface area contributed by atoms with Gasteiger partial charge in [0.2, 0.25) is 11.8 Å². The maximum Gasteiger partial charge on any atom is 0.234 e. The van der Waals surface area contributed by atoms with Crippen LogP contribution in [0.1, 0.15) is 12.6 Å². The molecule has 0 aliphatic carbocycles. The van der Waals surface area contributed by atoms with Crippen LogP contribution in [0.4, 0.5) is 11.4 Å². The van der Waals surface area contributed by atoms with Crippen molar-refractivity contribution >= 4 is 46.3 Å². The second kappa shape index (κ2) is 11.1. The molecular formula is C25H23N5O3S2. The molecule has 178 valence electrons. The van der Waals surface area contributed by atoms with Crippen molar-refractivity contribution in [2.24, 2.45) is 0 Å². The molecule has 0 atom stereocenters. The van der Waals surface area contributed by atoms with Crippen molar-refractivity contribution in [1.29, 1.82) is 0 Å². The molecule has 10 heteroatoms. The second-order valence-electron chi connectivity index (χ2n) is 7.52. The largest absolute Gasteiger partial charge is 0.497 e. The molecule has 0 aliphatic heterocycles. The van der Waals surface area contributed by atoms with Crippen molar-refractivity contribution in [3.63, 3.8) is 0 Å². The standard InChI is InChI=1S/C25H23N5O3S2/c1-15-24(35-25(26-15)17-5-4-6-20(13-17)33-3)21-11-12-23(30-29-21)34-14-22(32)28-19-9-7-18(8-10-19)27-16(2)31/h4-13H,14H2,1-3H3,(H,27,31)(H,28,32). The average molecular weight is 506 g/mol. The minimum Gasteiger partial charge on any atom is -0.497 e. The molecule has 0 unspecified atom stereocenters. The van der Waals surface area contributed by atoms with Gasteiger partial charge in [-0.3, -0.25) is 9.59 Å². The van der Waals surface area contributed by atoms with E-state index in [0.29, 0.717) is 16.4 Å². The first kappa shape index (κ1) is 24.4. The fraction of sp³-hybridized carbons (Fsp3) is 0.160. The van der Waals surface area contributed by atoms with Gasteiger partial charge >= 0.3 is 0 Å². The van der Waals surface area contributed by atoms with Gasteiger partial charge in [0.05, 0.1) is 23.4 Å². The topological polar surface area (TPSA) is 106 Å². The van der Waals surface area contributed by atoms with E-state index < -0.39 is 0 Å². The summed E-state index contributed by atoms with van der Waals surface area (Å²) in [6, 6.07) is 18.5. The molecule has 0 bridgehead atoms. The Bertz CT molecular complexity index is 1340. The first-order valence-corrected chi connectivity index (χ1v) is 12.5. The third-order valence-electron chi connectivity index (χ3n) is 4.83. The summed E-state index contributed by atoms with van der Waals surface area (Å²) in [7, 11) is 1.64. The Balaban J connectivity index is 1.35. The van der Waals surface area contributed by atoms with Gasteiger partial charge in [-0.2, -0.15) is 0 Å². The zero-order valence-corrected chi connectivity index (χ0v) is 21.0. The number of nitrogens with one attached hydrogen (secondary N) is 2. The Hall–Kier alpha value is -3.76. The predicted octanol–water partition coefficient (Wildman–Crippen LogP) is 5.27. The number of aryl methyl sites for hydroxylation is 1. The molecule has 0 aliphatic rings. The molecule has 2 N–H and O–H groups in total. The lowest BCUT2D eigenvalue weighted by Crippen LogP contribution is -2.14. The van der Waals surface area contributed by atoms with E-state index in [1.54, 1.807) is 42.7 Å². The highest BCUT2D eigenvalue weighted by molar-refractivity contribution is 7.99. The summed E-state index contributed by atoms with van der Waals surface area (Å²) in [4.78, 5) is 29.0. The number of benzene rings is 2. The zero-order valence-electron chi connectivity index (χ0n) is 19.4. The second-order valence-corrected chi connectivity index (χ2v) is 9.51. The van der Waals surface area contributed by atoms with Crippen LogP contribution >= 0.6 is 23.1 Å². The minimum atomic E-state index is -0.158. The molecule has 0 spiro atoms. The SMILES string of the molecule is COc1cccc(-c2nc(C)c(-c3ccc(SCC(=O)Nc4ccc(NC(C)=O)cc4)nn3)s2)c1. The van der Waals surface area contributed by atoms with E-state index in [-0.39, 0.29) is 17.6 Å². The summed E-state index contributed by atoms with van der Waals surface area (Å²) in [6.45, 7) is 3.40. The minimum absolute atomic E-state index is 0.145. The first-order chi connectivity index (χ1) is 16.9. The van der Waals surface area contributed by atoms with Crippen LogP contribution in [0.15, 0.2) is 65.7 Å². The number of aromatic nitrogens is 3. The Morgan fingerprint density at radius 1 is 1.00 bits per heavy atom. The molecule has 2 aromatic carbocycles. The summed E-state index contributed by atoms with van der Waals surface area (Å²) in [6.07, 6.45) is 0. The van der Waals surface area contributed by atoms with Gasteiger partial charge in [0.1, 0.15) is 21.5 Å². The van der Waals surface area contributed by atoms with Crippen LogP contribution in [0.2, 0.25) is 0 Å². The highest BCUT2D eigenvalue weighted by Crippen LogP contribution is 2.35. The van der Waals surface area contributed by atoms with Crippen LogP contribution in [0.3, 0.4) is 0 Å². The monoisotopic (exact) mass is 505 g/mol. The lowest BCUT2D eigenvalue weighted by atomic mass is 10.2. The van der Waals surface area contributed by atoms with Crippen LogP contribution in [0.25, 0.3) is 21.1 Å². The normalized spacial score (nSPS) is 10.6. The van der Waals surface area contributed by atoms with Crippen molar-refractivity contribution in [1.82, 2.24) is 15.2 Å². The Labute approximate surface area is 211 Å². The van der Waals surface area contributed by atoms with Crippen LogP contribution in [-0.2, 0) is 9.59 Å². The van der Waals surface area contributed by atoms with E-state index in [0.717, 1.165) is 32.6 Å². The third kappa shape index (κ3) is 6.43. The molecule has 2 heterocycles. The van der Waals surface area contributed by atoms with Gasteiger partial charge in [0.25, 0.3) is 0 Å². The van der Waals surface area contributed by atoms with Crippen molar-refractivity contribution < 1.29 is 14.3 Å². The number of hydrogen-bond acceptors (Lipinski definition) is 8. The van der Waals surface area contributed by atoms with Gasteiger partial charge in [-0.25, -0.2) is 4.98 Å². The van der Waals surface area contributed by atoms with Gasteiger partial charge in [0.15, 0.2) is 0 Å². The van der Waals surface area contributed by atoms with Gasteiger partial charge in [-0.05, 0) is 55.5 Å². The molecular weight excluding hydrogens is 482 g/mol. The van der Waals surface area contributed by atoms with Crippen LogP contribution in [-0.4, -0.2) is 39.9 Å². The molecule has 0 radical (unpaired) electrons. The van der Waals surface area contributed by atoms with Gasteiger partial charge in [-0.1, -0.05) is 23.9 Å². The number of hydrogen-bond donors (Lipinski definition) is 2. The maximum absolute atomic E-state index is 12.3. The molecule has 35 heavy (non-hydrogen) atoms. The van der Waals surface area contributed by atoms with E-state index in [2.05, 4.69) is 20.8 Å². The van der Waals surface area contributed by atoms with Crippen LogP contribution in [0.5, 0.6) is 5.75 Å². The fourth-order valence-corrected chi connectivity index (χ4v) is 4.85. The molecule has 4 rings (SSSR count). The van der Waals surface area contributed by atoms with E-state index >= 15 is 0 Å². The maximum atomic E-state index is 12.3. The highest BCUT2D eigenvalue weighted by Gasteiger charge is 2.14. The van der Waals surface area contributed by atoms with Gasteiger partial charge in [0, 0.05) is 23.9 Å². The van der Waals surface area contributed by atoms with Crippen LogP contribution in [0, 0.1) is 6.92 Å². The fourth-order valence-electron chi connectivity index (χ4n) is 3.21. The number of thioether (sulfide) groups is 1. The molecule has 2 amide bonds. The number of methoxy groups -OCH3 is 1. The van der Waals surface area contributed by atoms with Crippen molar-refractivity contribution in [3.8, 4) is 26.9 Å². The molecule has 0 saturated heterocycles. The molecule has 2 aromatic heterocycles. The zero-order chi connectivity index (χ0) is 24.8. The average Bonchev–Trinajstić information content (AvgIpc) is 3.25. The van der Waals surface area contributed by atoms with Gasteiger partial charge < -0.3 is 15.4 Å². The van der Waals surface area contributed by atoms with Crippen LogP contribution < -0.4 is 15.4 Å². The summed E-state index contributed by atoms with van der Waals surface area (Å²) >= 11 is 2.86. The number of thiazole rings is 1. The summed E-state index contributed by atoms with van der Waals surface area (Å²) in [5, 5.41) is 15.7. The molecule has 8 nitrogen and oxygen atoms in total. The van der Waals surface area contributed by atoms with E-state index in [1.807, 2.05) is 43.3 Å². The van der Waals surface area contributed by atoms with E-state index in [1.165, 1.54) is 18.7 Å². The predicted molar refractivity (Wildman–Crippen MR) is 140 cm³/mol. The summed E-state index contributed by atoms with van der Waals surface area (Å²) in [5.74, 6) is 0.674. The molecule has 0 fully saturated rings. The van der Waals surface area contributed by atoms with Crippen molar-refractivity contribution in [3.05, 3.63) is 66.4 Å². The van der Waals surface area contributed by atoms with Crippen molar-refractivity contribution in [2.75, 3.05) is 23.5 Å². The van der Waals surface area contributed by atoms with Crippen molar-refractivity contribution in [2.45, 2.75) is 18.9 Å². The lowest BCUT2D eigenvalue weighted by molar-refractivity contribution is -0.114. The highest BCUT2D eigenvalue weighted by atomic mass is 32.2. The number of amides is 2. The quantitative estimate of drug-likeness (QED) is 0.314. The summed E-state index contributed by atoms with van der Waals surface area (Å²) < 4.78 is 5.31. The number of carbonyl (C=O) groups is 2. The number of anilines is 2. The van der Waals surface area contributed by atoms with Gasteiger partial charge in [-0.15, -0.1) is 21.5 Å². The Morgan fingerprint density at radius 2 is 1.74 bits per heavy atom. The number of nitrogens with zero attached hydrogens (tertiary/aromatic N) is 3. The Kier molecular flexibility index (Phi) is 7.74. The third-order valence-corrected chi connectivity index (χ3v) is 6.98. The first-order valence-electron chi connectivity index (χ1n) is 10.7. The number of ether oxygens (including phenoxy) is 1. The molecule has 4 aromatic rings. The van der Waals surface area contributed by atoms with E-state index in [4.69, 9.17) is 9.72 Å².